The lowest BCUT2D eigenvalue weighted by Crippen LogP contribution is -2.17. The Balaban J connectivity index is 2.06. The molecule has 0 aromatic heterocycles. The van der Waals surface area contributed by atoms with E-state index in [0.717, 1.165) is 17.7 Å². The number of primary amides is 1. The van der Waals surface area contributed by atoms with Gasteiger partial charge in [0, 0.05) is 11.0 Å². The minimum absolute atomic E-state index is 0.127. The molecule has 2 aromatic rings. The Kier molecular flexibility index (Phi) is 5.38. The van der Waals surface area contributed by atoms with Crippen LogP contribution in [0.4, 0.5) is 10.1 Å². The molecule has 0 saturated carbocycles. The van der Waals surface area contributed by atoms with E-state index in [-0.39, 0.29) is 5.56 Å². The van der Waals surface area contributed by atoms with E-state index in [0.29, 0.717) is 16.7 Å². The van der Waals surface area contributed by atoms with Crippen LogP contribution in [0.25, 0.3) is 0 Å². The normalized spacial score (nSPS) is 10.3. The second-order valence-electron chi connectivity index (χ2n) is 4.70. The number of carbonyl (C=O) groups excluding carboxylic acids is 1. The molecule has 0 aliphatic rings. The lowest BCUT2D eigenvalue weighted by Gasteiger charge is -2.12. The summed E-state index contributed by atoms with van der Waals surface area (Å²) in [4.78, 5) is 11.4. The fraction of sp³-hybridized carbons (Fsp3) is 0.188. The van der Waals surface area contributed by atoms with Crippen molar-refractivity contribution in [2.24, 2.45) is 5.73 Å². The first-order valence-electron chi connectivity index (χ1n) is 6.67. The average Bonchev–Trinajstić information content (AvgIpc) is 2.46. The van der Waals surface area contributed by atoms with Gasteiger partial charge >= 0.3 is 0 Å². The molecule has 3 N–H and O–H groups in total. The summed E-state index contributed by atoms with van der Waals surface area (Å²) in [5.74, 6) is -0.646. The van der Waals surface area contributed by atoms with E-state index < -0.39 is 11.7 Å². The number of amides is 1. The molecule has 0 saturated heterocycles. The molecule has 0 aliphatic carbocycles. The Morgan fingerprint density at radius 1 is 1.32 bits per heavy atom. The van der Waals surface area contributed by atoms with Gasteiger partial charge in [-0.05, 0) is 36.2 Å². The summed E-state index contributed by atoms with van der Waals surface area (Å²) in [5, 5.41) is 3.05. The summed E-state index contributed by atoms with van der Waals surface area (Å²) in [6.45, 7) is 0.544. The van der Waals surface area contributed by atoms with E-state index in [2.05, 4.69) is 21.2 Å². The lowest BCUT2D eigenvalue weighted by atomic mass is 10.1. The van der Waals surface area contributed by atoms with Crippen LogP contribution in [-0.4, -0.2) is 19.6 Å². The van der Waals surface area contributed by atoms with Crippen molar-refractivity contribution in [1.29, 1.82) is 0 Å². The van der Waals surface area contributed by atoms with Crippen LogP contribution in [0.15, 0.2) is 40.9 Å². The first kappa shape index (κ1) is 16.3. The van der Waals surface area contributed by atoms with Gasteiger partial charge in [-0.25, -0.2) is 4.39 Å². The van der Waals surface area contributed by atoms with Gasteiger partial charge in [-0.3, -0.25) is 4.79 Å². The first-order chi connectivity index (χ1) is 10.5. The van der Waals surface area contributed by atoms with Gasteiger partial charge in [-0.15, -0.1) is 0 Å². The second kappa shape index (κ2) is 7.26. The molecular formula is C16H16BrFN2O2. The molecule has 1 amide bonds. The molecule has 0 radical (unpaired) electrons. The van der Waals surface area contributed by atoms with E-state index in [1.807, 2.05) is 24.3 Å². The van der Waals surface area contributed by atoms with Crippen molar-refractivity contribution in [3.05, 3.63) is 57.8 Å². The molecule has 0 atom stereocenters. The molecule has 116 valence electrons. The summed E-state index contributed by atoms with van der Waals surface area (Å²) >= 11 is 3.20. The molecule has 6 heteroatoms. The van der Waals surface area contributed by atoms with Gasteiger partial charge in [0.25, 0.3) is 5.91 Å². The fourth-order valence-corrected chi connectivity index (χ4v) is 2.53. The van der Waals surface area contributed by atoms with E-state index in [9.17, 15) is 9.18 Å². The predicted octanol–water partition coefficient (Wildman–Crippen LogP) is 3.35. The number of nitrogens with one attached hydrogen (secondary N) is 1. The van der Waals surface area contributed by atoms with E-state index in [4.69, 9.17) is 10.5 Å². The molecular weight excluding hydrogens is 351 g/mol. The fourth-order valence-electron chi connectivity index (χ4n) is 2.10. The molecule has 0 aliphatic heterocycles. The van der Waals surface area contributed by atoms with Crippen molar-refractivity contribution in [3.63, 3.8) is 0 Å². The van der Waals surface area contributed by atoms with E-state index in [1.54, 1.807) is 13.2 Å². The number of hydrogen-bond acceptors (Lipinski definition) is 3. The number of ether oxygens (including phenoxy) is 1. The molecule has 0 bridgehead atoms. The highest BCUT2D eigenvalue weighted by Crippen LogP contribution is 2.24. The summed E-state index contributed by atoms with van der Waals surface area (Å²) in [6.07, 6.45) is 0.719. The molecule has 4 nitrogen and oxygen atoms in total. The molecule has 0 heterocycles. The van der Waals surface area contributed by atoms with Gasteiger partial charge in [0.2, 0.25) is 0 Å². The van der Waals surface area contributed by atoms with Crippen molar-refractivity contribution in [3.8, 4) is 5.75 Å². The number of benzene rings is 2. The zero-order valence-electron chi connectivity index (χ0n) is 12.0. The highest BCUT2D eigenvalue weighted by atomic mass is 79.9. The number of halogens is 2. The Hall–Kier alpha value is -2.08. The third-order valence-electron chi connectivity index (χ3n) is 3.19. The standard InChI is InChI=1S/C16H16BrFN2O2/c1-22-12-4-2-10(3-5-12)6-7-20-14-9-11(17)8-13(18)15(14)16(19)21/h2-5,8-9,20H,6-7H2,1H3,(H2,19,21). The predicted molar refractivity (Wildman–Crippen MR) is 87.8 cm³/mol. The number of anilines is 1. The van der Waals surface area contributed by atoms with Crippen LogP contribution in [0.5, 0.6) is 5.75 Å². The maximum Gasteiger partial charge on any atom is 0.253 e. The minimum atomic E-state index is -0.794. The zero-order chi connectivity index (χ0) is 16.1. The Morgan fingerprint density at radius 3 is 2.59 bits per heavy atom. The summed E-state index contributed by atoms with van der Waals surface area (Å²) in [6, 6.07) is 10.5. The van der Waals surface area contributed by atoms with Gasteiger partial charge in [0.05, 0.1) is 18.4 Å². The van der Waals surface area contributed by atoms with Crippen molar-refractivity contribution in [2.45, 2.75) is 6.42 Å². The maximum absolute atomic E-state index is 13.8. The van der Waals surface area contributed by atoms with E-state index >= 15 is 0 Å². The van der Waals surface area contributed by atoms with Gasteiger partial charge in [-0.2, -0.15) is 0 Å². The summed E-state index contributed by atoms with van der Waals surface area (Å²) in [7, 11) is 1.61. The van der Waals surface area contributed by atoms with Gasteiger partial charge in [0.15, 0.2) is 0 Å². The highest BCUT2D eigenvalue weighted by Gasteiger charge is 2.15. The Bertz CT molecular complexity index is 675. The monoisotopic (exact) mass is 366 g/mol. The first-order valence-corrected chi connectivity index (χ1v) is 7.46. The number of nitrogens with two attached hydrogens (primary N) is 1. The average molecular weight is 367 g/mol. The molecule has 0 spiro atoms. The number of carbonyl (C=O) groups is 1. The van der Waals surface area contributed by atoms with Crippen LogP contribution in [0, 0.1) is 5.82 Å². The second-order valence-corrected chi connectivity index (χ2v) is 5.61. The molecule has 0 unspecified atom stereocenters. The summed E-state index contributed by atoms with van der Waals surface area (Å²) in [5.41, 5.74) is 6.59. The van der Waals surface area contributed by atoms with Crippen molar-refractivity contribution < 1.29 is 13.9 Å². The third-order valence-corrected chi connectivity index (χ3v) is 3.65. The molecule has 0 fully saturated rings. The van der Waals surface area contributed by atoms with Crippen LogP contribution in [-0.2, 0) is 6.42 Å². The highest BCUT2D eigenvalue weighted by molar-refractivity contribution is 9.10. The third kappa shape index (κ3) is 3.98. The number of hydrogen-bond donors (Lipinski definition) is 2. The Morgan fingerprint density at radius 2 is 2.00 bits per heavy atom. The Labute approximate surface area is 136 Å². The topological polar surface area (TPSA) is 64.3 Å². The van der Waals surface area contributed by atoms with Crippen LogP contribution in [0.3, 0.4) is 0 Å². The number of rotatable bonds is 6. The summed E-state index contributed by atoms with van der Waals surface area (Å²) < 4.78 is 19.5. The largest absolute Gasteiger partial charge is 0.497 e. The smallest absolute Gasteiger partial charge is 0.253 e. The van der Waals surface area contributed by atoms with E-state index in [1.165, 1.54) is 6.07 Å². The van der Waals surface area contributed by atoms with Crippen molar-refractivity contribution >= 4 is 27.5 Å². The lowest BCUT2D eigenvalue weighted by molar-refractivity contribution is 0.0997. The van der Waals surface area contributed by atoms with Crippen molar-refractivity contribution in [1.82, 2.24) is 0 Å². The van der Waals surface area contributed by atoms with Gasteiger partial charge in [-0.1, -0.05) is 28.1 Å². The van der Waals surface area contributed by atoms with Crippen molar-refractivity contribution in [2.75, 3.05) is 19.0 Å². The molecule has 2 rings (SSSR count). The SMILES string of the molecule is COc1ccc(CCNc2cc(Br)cc(F)c2C(N)=O)cc1. The van der Waals surface area contributed by atoms with Crippen LogP contribution >= 0.6 is 15.9 Å². The van der Waals surface area contributed by atoms with Crippen LogP contribution in [0.1, 0.15) is 15.9 Å². The van der Waals surface area contributed by atoms with Crippen LogP contribution < -0.4 is 15.8 Å². The quantitative estimate of drug-likeness (QED) is 0.823. The van der Waals surface area contributed by atoms with Crippen LogP contribution in [0.2, 0.25) is 0 Å². The minimum Gasteiger partial charge on any atom is -0.497 e. The van der Waals surface area contributed by atoms with Gasteiger partial charge in [0.1, 0.15) is 11.6 Å². The van der Waals surface area contributed by atoms with Gasteiger partial charge < -0.3 is 15.8 Å². The number of methoxy groups -OCH3 is 1. The molecule has 2 aromatic carbocycles. The maximum atomic E-state index is 13.8. The zero-order valence-corrected chi connectivity index (χ0v) is 13.6. The molecule has 22 heavy (non-hydrogen) atoms.